The minimum Gasteiger partial charge on any atom is -0.354 e. The number of hydrogen-bond acceptors (Lipinski definition) is 3. The summed E-state index contributed by atoms with van der Waals surface area (Å²) in [6.07, 6.45) is 1.13. The van der Waals surface area contributed by atoms with Crippen LogP contribution in [0.4, 0.5) is 0 Å². The van der Waals surface area contributed by atoms with Crippen LogP contribution in [0, 0.1) is 0 Å². The Hall–Kier alpha value is -1.39. The van der Waals surface area contributed by atoms with Crippen molar-refractivity contribution in [2.75, 3.05) is 33.2 Å². The predicted octanol–water partition coefficient (Wildman–Crippen LogP) is 1.20. The van der Waals surface area contributed by atoms with Gasteiger partial charge in [0.05, 0.1) is 6.54 Å². The van der Waals surface area contributed by atoms with Gasteiger partial charge in [-0.3, -0.25) is 9.69 Å². The van der Waals surface area contributed by atoms with E-state index in [1.54, 1.807) is 0 Å². The van der Waals surface area contributed by atoms with Crippen molar-refractivity contribution in [2.45, 2.75) is 25.3 Å². The van der Waals surface area contributed by atoms with Crippen molar-refractivity contribution in [2.24, 2.45) is 0 Å². The van der Waals surface area contributed by atoms with E-state index in [9.17, 15) is 4.79 Å². The lowest BCUT2D eigenvalue weighted by Gasteiger charge is -2.23. The molecule has 2 rings (SSSR count). The molecule has 0 saturated carbocycles. The number of rotatable bonds is 6. The van der Waals surface area contributed by atoms with Crippen molar-refractivity contribution in [3.05, 3.63) is 35.9 Å². The Labute approximate surface area is 121 Å². The maximum atomic E-state index is 12.0. The first-order valence-electron chi connectivity index (χ1n) is 7.39. The van der Waals surface area contributed by atoms with E-state index in [1.807, 2.05) is 25.2 Å². The Bertz CT molecular complexity index is 415. The van der Waals surface area contributed by atoms with Crippen molar-refractivity contribution < 1.29 is 4.79 Å². The summed E-state index contributed by atoms with van der Waals surface area (Å²) in [7, 11) is 2.03. The van der Waals surface area contributed by atoms with Gasteiger partial charge in [-0.25, -0.2) is 0 Å². The number of nitrogens with one attached hydrogen (secondary N) is 2. The lowest BCUT2D eigenvalue weighted by Crippen LogP contribution is -2.42. The Kier molecular flexibility index (Phi) is 5.56. The van der Waals surface area contributed by atoms with Gasteiger partial charge in [-0.05, 0) is 31.5 Å². The van der Waals surface area contributed by atoms with Gasteiger partial charge in [-0.2, -0.15) is 0 Å². The second-order valence-corrected chi connectivity index (χ2v) is 5.68. The Morgan fingerprint density at radius 1 is 1.45 bits per heavy atom. The normalized spacial score (nSPS) is 20.1. The topological polar surface area (TPSA) is 44.4 Å². The molecule has 2 N–H and O–H groups in total. The van der Waals surface area contributed by atoms with Crippen LogP contribution in [0.1, 0.15) is 24.8 Å². The quantitative estimate of drug-likeness (QED) is 0.820. The SMILES string of the molecule is CC(CNC(=O)CN(C)C1CCNC1)c1ccccc1. The van der Waals surface area contributed by atoms with Gasteiger partial charge in [-0.15, -0.1) is 0 Å². The molecule has 0 aliphatic carbocycles. The predicted molar refractivity (Wildman–Crippen MR) is 81.8 cm³/mol. The van der Waals surface area contributed by atoms with Crippen molar-refractivity contribution in [3.63, 3.8) is 0 Å². The first-order valence-corrected chi connectivity index (χ1v) is 7.39. The van der Waals surface area contributed by atoms with Gasteiger partial charge in [0.2, 0.25) is 5.91 Å². The molecule has 1 aromatic rings. The molecule has 0 aromatic heterocycles. The molecule has 2 unspecified atom stereocenters. The van der Waals surface area contributed by atoms with Crippen molar-refractivity contribution in [3.8, 4) is 0 Å². The zero-order valence-electron chi connectivity index (χ0n) is 12.4. The summed E-state index contributed by atoms with van der Waals surface area (Å²) >= 11 is 0. The summed E-state index contributed by atoms with van der Waals surface area (Å²) in [5.41, 5.74) is 1.26. The zero-order chi connectivity index (χ0) is 14.4. The summed E-state index contributed by atoms with van der Waals surface area (Å²) in [4.78, 5) is 14.1. The van der Waals surface area contributed by atoms with E-state index in [0.29, 0.717) is 25.0 Å². The van der Waals surface area contributed by atoms with Crippen molar-refractivity contribution in [1.82, 2.24) is 15.5 Å². The molecule has 1 heterocycles. The van der Waals surface area contributed by atoms with Gasteiger partial charge in [0.15, 0.2) is 0 Å². The standard InChI is InChI=1S/C16H25N3O/c1-13(14-6-4-3-5-7-14)10-18-16(20)12-19(2)15-8-9-17-11-15/h3-7,13,15,17H,8-12H2,1-2H3,(H,18,20). The second-order valence-electron chi connectivity index (χ2n) is 5.68. The van der Waals surface area contributed by atoms with E-state index in [-0.39, 0.29) is 5.91 Å². The molecule has 0 spiro atoms. The summed E-state index contributed by atoms with van der Waals surface area (Å²) in [5.74, 6) is 0.459. The molecule has 0 bridgehead atoms. The van der Waals surface area contributed by atoms with Crippen LogP contribution in [0.5, 0.6) is 0 Å². The lowest BCUT2D eigenvalue weighted by molar-refractivity contribution is -0.122. The van der Waals surface area contributed by atoms with Crippen LogP contribution in [-0.2, 0) is 4.79 Å². The van der Waals surface area contributed by atoms with Crippen molar-refractivity contribution in [1.29, 1.82) is 0 Å². The largest absolute Gasteiger partial charge is 0.354 e. The van der Waals surface area contributed by atoms with Crippen LogP contribution in [0.15, 0.2) is 30.3 Å². The van der Waals surface area contributed by atoms with Crippen LogP contribution in [0.25, 0.3) is 0 Å². The Morgan fingerprint density at radius 2 is 2.20 bits per heavy atom. The number of carbonyl (C=O) groups is 1. The van der Waals surface area contributed by atoms with Gasteiger partial charge in [0.1, 0.15) is 0 Å². The summed E-state index contributed by atoms with van der Waals surface area (Å²) in [6.45, 7) is 5.36. The van der Waals surface area contributed by atoms with Crippen LogP contribution in [0.2, 0.25) is 0 Å². The molecule has 20 heavy (non-hydrogen) atoms. The van der Waals surface area contributed by atoms with Crippen LogP contribution < -0.4 is 10.6 Å². The maximum Gasteiger partial charge on any atom is 0.234 e. The molecule has 1 amide bonds. The number of carbonyl (C=O) groups excluding carboxylic acids is 1. The number of likely N-dealkylation sites (N-methyl/N-ethyl adjacent to an activating group) is 1. The molecule has 1 aromatic carbocycles. The monoisotopic (exact) mass is 275 g/mol. The average Bonchev–Trinajstić information content (AvgIpc) is 3.00. The van der Waals surface area contributed by atoms with Gasteiger partial charge in [0.25, 0.3) is 0 Å². The molecule has 1 saturated heterocycles. The molecule has 1 fully saturated rings. The molecule has 1 aliphatic heterocycles. The summed E-state index contributed by atoms with van der Waals surface area (Å²) in [5, 5.41) is 6.36. The molecular formula is C16H25N3O. The highest BCUT2D eigenvalue weighted by molar-refractivity contribution is 5.78. The number of nitrogens with zero attached hydrogens (tertiary/aromatic N) is 1. The molecule has 4 nitrogen and oxygen atoms in total. The van der Waals surface area contributed by atoms with Gasteiger partial charge < -0.3 is 10.6 Å². The first kappa shape index (κ1) is 15.0. The molecule has 0 radical (unpaired) electrons. The van der Waals surface area contributed by atoms with Crippen LogP contribution in [-0.4, -0.2) is 50.1 Å². The highest BCUT2D eigenvalue weighted by Gasteiger charge is 2.20. The van der Waals surface area contributed by atoms with Gasteiger partial charge >= 0.3 is 0 Å². The van der Waals surface area contributed by atoms with E-state index >= 15 is 0 Å². The van der Waals surface area contributed by atoms with E-state index < -0.39 is 0 Å². The molecule has 110 valence electrons. The highest BCUT2D eigenvalue weighted by atomic mass is 16.2. The molecule has 2 atom stereocenters. The van der Waals surface area contributed by atoms with E-state index in [1.165, 1.54) is 5.56 Å². The summed E-state index contributed by atoms with van der Waals surface area (Å²) in [6, 6.07) is 10.8. The summed E-state index contributed by atoms with van der Waals surface area (Å²) < 4.78 is 0. The van der Waals surface area contributed by atoms with Gasteiger partial charge in [0, 0.05) is 19.1 Å². The van der Waals surface area contributed by atoms with E-state index in [0.717, 1.165) is 19.5 Å². The number of benzene rings is 1. The minimum absolute atomic E-state index is 0.113. The molecular weight excluding hydrogens is 250 g/mol. The third-order valence-electron chi connectivity index (χ3n) is 4.02. The highest BCUT2D eigenvalue weighted by Crippen LogP contribution is 2.13. The van der Waals surface area contributed by atoms with Crippen LogP contribution in [0.3, 0.4) is 0 Å². The Balaban J connectivity index is 1.72. The van der Waals surface area contributed by atoms with Crippen LogP contribution >= 0.6 is 0 Å². The molecule has 4 heteroatoms. The third kappa shape index (κ3) is 4.32. The fourth-order valence-electron chi connectivity index (χ4n) is 2.59. The fourth-order valence-corrected chi connectivity index (χ4v) is 2.59. The smallest absolute Gasteiger partial charge is 0.234 e. The number of hydrogen-bond donors (Lipinski definition) is 2. The first-order chi connectivity index (χ1) is 9.66. The Morgan fingerprint density at radius 3 is 2.85 bits per heavy atom. The fraction of sp³-hybridized carbons (Fsp3) is 0.562. The van der Waals surface area contributed by atoms with Crippen molar-refractivity contribution >= 4 is 5.91 Å². The van der Waals surface area contributed by atoms with E-state index in [2.05, 4.69) is 34.6 Å². The zero-order valence-corrected chi connectivity index (χ0v) is 12.4. The third-order valence-corrected chi connectivity index (χ3v) is 4.02. The second kappa shape index (κ2) is 7.41. The lowest BCUT2D eigenvalue weighted by atomic mass is 10.0. The molecule has 1 aliphatic rings. The maximum absolute atomic E-state index is 12.0. The minimum atomic E-state index is 0.113. The number of amides is 1. The van der Waals surface area contributed by atoms with E-state index in [4.69, 9.17) is 0 Å². The average molecular weight is 275 g/mol. The van der Waals surface area contributed by atoms with Gasteiger partial charge in [-0.1, -0.05) is 37.3 Å².